The molecule has 0 aromatic carbocycles. The number of hydrogen-bond donors (Lipinski definition) is 0. The van der Waals surface area contributed by atoms with Crippen LogP contribution in [-0.4, -0.2) is 25.4 Å². The number of hydrogen-bond acceptors (Lipinski definition) is 2. The molecular formula is C13H24O2. The average molecular weight is 212 g/mol. The third-order valence-electron chi connectivity index (χ3n) is 4.14. The SMILES string of the molecule is CCC(C1CCCO1)C(C)C1CCCO1. The second-order valence-corrected chi connectivity index (χ2v) is 5.03. The van der Waals surface area contributed by atoms with Gasteiger partial charge in [0.1, 0.15) is 0 Å². The summed E-state index contributed by atoms with van der Waals surface area (Å²) in [4.78, 5) is 0. The Morgan fingerprint density at radius 1 is 1.07 bits per heavy atom. The summed E-state index contributed by atoms with van der Waals surface area (Å²) in [6, 6.07) is 0. The van der Waals surface area contributed by atoms with Gasteiger partial charge in [0.05, 0.1) is 12.2 Å². The van der Waals surface area contributed by atoms with E-state index in [1.54, 1.807) is 0 Å². The van der Waals surface area contributed by atoms with Crippen molar-refractivity contribution in [2.45, 2.75) is 58.2 Å². The van der Waals surface area contributed by atoms with Crippen molar-refractivity contribution in [3.63, 3.8) is 0 Å². The molecule has 0 aromatic heterocycles. The first-order chi connectivity index (χ1) is 7.33. The standard InChI is InChI=1S/C13H24O2/c1-3-11(13-7-5-9-15-13)10(2)12-6-4-8-14-12/h10-13H,3-9H2,1-2H3. The smallest absolute Gasteiger partial charge is 0.0607 e. The van der Waals surface area contributed by atoms with Crippen molar-refractivity contribution in [2.24, 2.45) is 11.8 Å². The molecule has 2 fully saturated rings. The predicted molar refractivity (Wildman–Crippen MR) is 60.9 cm³/mol. The summed E-state index contributed by atoms with van der Waals surface area (Å²) in [5.41, 5.74) is 0. The monoisotopic (exact) mass is 212 g/mol. The summed E-state index contributed by atoms with van der Waals surface area (Å²) in [7, 11) is 0. The van der Waals surface area contributed by atoms with Gasteiger partial charge in [-0.1, -0.05) is 20.3 Å². The summed E-state index contributed by atoms with van der Waals surface area (Å²) in [5.74, 6) is 1.37. The molecule has 2 aliphatic heterocycles. The zero-order chi connectivity index (χ0) is 10.7. The molecule has 2 nitrogen and oxygen atoms in total. The van der Waals surface area contributed by atoms with Crippen LogP contribution in [0.2, 0.25) is 0 Å². The van der Waals surface area contributed by atoms with Gasteiger partial charge < -0.3 is 9.47 Å². The van der Waals surface area contributed by atoms with Crippen molar-refractivity contribution in [3.8, 4) is 0 Å². The van der Waals surface area contributed by atoms with E-state index in [4.69, 9.17) is 9.47 Å². The highest BCUT2D eigenvalue weighted by Crippen LogP contribution is 2.34. The first-order valence-electron chi connectivity index (χ1n) is 6.56. The zero-order valence-corrected chi connectivity index (χ0v) is 10.1. The number of rotatable bonds is 4. The lowest BCUT2D eigenvalue weighted by molar-refractivity contribution is -0.0134. The molecule has 0 N–H and O–H groups in total. The highest BCUT2D eigenvalue weighted by molar-refractivity contribution is 4.83. The minimum absolute atomic E-state index is 0.499. The first kappa shape index (κ1) is 11.4. The van der Waals surface area contributed by atoms with Crippen molar-refractivity contribution >= 4 is 0 Å². The van der Waals surface area contributed by atoms with E-state index >= 15 is 0 Å². The largest absolute Gasteiger partial charge is 0.378 e. The Balaban J connectivity index is 1.91. The molecule has 2 saturated heterocycles. The van der Waals surface area contributed by atoms with Crippen molar-refractivity contribution in [3.05, 3.63) is 0 Å². The van der Waals surface area contributed by atoms with Gasteiger partial charge in [-0.25, -0.2) is 0 Å². The van der Waals surface area contributed by atoms with E-state index in [0.29, 0.717) is 24.0 Å². The van der Waals surface area contributed by atoms with E-state index in [1.165, 1.54) is 32.1 Å². The van der Waals surface area contributed by atoms with Crippen LogP contribution in [-0.2, 0) is 9.47 Å². The third kappa shape index (κ3) is 2.54. The summed E-state index contributed by atoms with van der Waals surface area (Å²) in [6.07, 6.45) is 7.25. The summed E-state index contributed by atoms with van der Waals surface area (Å²) >= 11 is 0. The van der Waals surface area contributed by atoms with Gasteiger partial charge in [-0.2, -0.15) is 0 Å². The average Bonchev–Trinajstić information content (AvgIpc) is 2.91. The molecule has 0 bridgehead atoms. The fourth-order valence-electron chi connectivity index (χ4n) is 3.21. The van der Waals surface area contributed by atoms with Crippen LogP contribution in [0.3, 0.4) is 0 Å². The highest BCUT2D eigenvalue weighted by atomic mass is 16.5. The summed E-state index contributed by atoms with van der Waals surface area (Å²) < 4.78 is 11.6. The fourth-order valence-corrected chi connectivity index (χ4v) is 3.21. The van der Waals surface area contributed by atoms with E-state index in [1.807, 2.05) is 0 Å². The molecule has 0 saturated carbocycles. The quantitative estimate of drug-likeness (QED) is 0.713. The molecule has 0 aromatic rings. The van der Waals surface area contributed by atoms with Gasteiger partial charge in [-0.15, -0.1) is 0 Å². The van der Waals surface area contributed by atoms with E-state index < -0.39 is 0 Å². The Hall–Kier alpha value is -0.0800. The van der Waals surface area contributed by atoms with Crippen LogP contribution < -0.4 is 0 Å². The maximum Gasteiger partial charge on any atom is 0.0607 e. The van der Waals surface area contributed by atoms with Crippen LogP contribution in [0, 0.1) is 11.8 Å². The van der Waals surface area contributed by atoms with Crippen molar-refractivity contribution in [1.82, 2.24) is 0 Å². The molecule has 2 heterocycles. The zero-order valence-electron chi connectivity index (χ0n) is 10.1. The molecule has 15 heavy (non-hydrogen) atoms. The molecule has 4 atom stereocenters. The Kier molecular flexibility index (Phi) is 4.04. The van der Waals surface area contributed by atoms with E-state index in [2.05, 4.69) is 13.8 Å². The normalized spacial score (nSPS) is 35.6. The predicted octanol–water partition coefficient (Wildman–Crippen LogP) is 3.01. The van der Waals surface area contributed by atoms with Gasteiger partial charge in [0.2, 0.25) is 0 Å². The second-order valence-electron chi connectivity index (χ2n) is 5.03. The molecule has 0 amide bonds. The number of ether oxygens (including phenoxy) is 2. The van der Waals surface area contributed by atoms with E-state index in [0.717, 1.165) is 13.2 Å². The van der Waals surface area contributed by atoms with Gasteiger partial charge in [0.15, 0.2) is 0 Å². The van der Waals surface area contributed by atoms with Crippen LogP contribution in [0.15, 0.2) is 0 Å². The van der Waals surface area contributed by atoms with E-state index in [-0.39, 0.29) is 0 Å². The minimum Gasteiger partial charge on any atom is -0.378 e. The maximum absolute atomic E-state index is 5.83. The van der Waals surface area contributed by atoms with Gasteiger partial charge in [-0.3, -0.25) is 0 Å². The Labute approximate surface area is 93.3 Å². The van der Waals surface area contributed by atoms with Crippen LogP contribution in [0.1, 0.15) is 46.0 Å². The van der Waals surface area contributed by atoms with Crippen LogP contribution >= 0.6 is 0 Å². The van der Waals surface area contributed by atoms with Crippen LogP contribution in [0.5, 0.6) is 0 Å². The van der Waals surface area contributed by atoms with Gasteiger partial charge in [-0.05, 0) is 37.5 Å². The van der Waals surface area contributed by atoms with Gasteiger partial charge in [0, 0.05) is 13.2 Å². The molecule has 4 unspecified atom stereocenters. The first-order valence-corrected chi connectivity index (χ1v) is 6.56. The molecule has 0 aliphatic carbocycles. The lowest BCUT2D eigenvalue weighted by Crippen LogP contribution is -2.32. The van der Waals surface area contributed by atoms with Crippen molar-refractivity contribution in [1.29, 1.82) is 0 Å². The fraction of sp³-hybridized carbons (Fsp3) is 1.00. The molecule has 2 rings (SSSR count). The Morgan fingerprint density at radius 2 is 1.67 bits per heavy atom. The molecule has 2 aliphatic rings. The third-order valence-corrected chi connectivity index (χ3v) is 4.14. The maximum atomic E-state index is 5.83. The van der Waals surface area contributed by atoms with Gasteiger partial charge in [0.25, 0.3) is 0 Å². The van der Waals surface area contributed by atoms with Crippen molar-refractivity contribution < 1.29 is 9.47 Å². The summed E-state index contributed by atoms with van der Waals surface area (Å²) in [5, 5.41) is 0. The van der Waals surface area contributed by atoms with E-state index in [9.17, 15) is 0 Å². The van der Waals surface area contributed by atoms with Crippen LogP contribution in [0.25, 0.3) is 0 Å². The Morgan fingerprint density at radius 3 is 2.13 bits per heavy atom. The molecule has 2 heteroatoms. The summed E-state index contributed by atoms with van der Waals surface area (Å²) in [6.45, 7) is 6.58. The molecular weight excluding hydrogens is 188 g/mol. The van der Waals surface area contributed by atoms with Crippen LogP contribution in [0.4, 0.5) is 0 Å². The molecule has 0 spiro atoms. The Bertz CT molecular complexity index is 181. The molecule has 88 valence electrons. The lowest BCUT2D eigenvalue weighted by Gasteiger charge is -2.31. The van der Waals surface area contributed by atoms with Crippen molar-refractivity contribution in [2.75, 3.05) is 13.2 Å². The minimum atomic E-state index is 0.499. The molecule has 0 radical (unpaired) electrons. The van der Waals surface area contributed by atoms with Gasteiger partial charge >= 0.3 is 0 Å². The topological polar surface area (TPSA) is 18.5 Å². The second kappa shape index (κ2) is 5.31. The highest BCUT2D eigenvalue weighted by Gasteiger charge is 2.34. The lowest BCUT2D eigenvalue weighted by atomic mass is 9.81.